The summed E-state index contributed by atoms with van der Waals surface area (Å²) >= 11 is 0. The fourth-order valence-corrected chi connectivity index (χ4v) is 1.11. The highest BCUT2D eigenvalue weighted by Gasteiger charge is 2.01. The van der Waals surface area contributed by atoms with Crippen molar-refractivity contribution in [2.45, 2.75) is 38.9 Å². The molecule has 0 aliphatic heterocycles. The predicted octanol–water partition coefficient (Wildman–Crippen LogP) is 3.70. The molecule has 0 heterocycles. The molecule has 0 aliphatic rings. The van der Waals surface area contributed by atoms with Crippen LogP contribution < -0.4 is 0 Å². The third-order valence-corrected chi connectivity index (χ3v) is 2.75. The van der Waals surface area contributed by atoms with Crippen LogP contribution in [0.5, 0.6) is 0 Å². The van der Waals surface area contributed by atoms with Gasteiger partial charge in [0.2, 0.25) is 0 Å². The lowest BCUT2D eigenvalue weighted by molar-refractivity contribution is 0.555. The van der Waals surface area contributed by atoms with Crippen molar-refractivity contribution in [2.24, 2.45) is 5.92 Å². The Bertz CT molecular complexity index is 63.9. The third kappa shape index (κ3) is 6.53. The minimum absolute atomic E-state index is 0.620. The summed E-state index contributed by atoms with van der Waals surface area (Å²) in [7, 11) is 6.99. The molecule has 1 atom stereocenters. The molecular formula is C7H15ClS. The lowest BCUT2D eigenvalue weighted by Crippen LogP contribution is -1.96. The fourth-order valence-electron chi connectivity index (χ4n) is 0.613. The maximum Gasteiger partial charge on any atom is 0.0171 e. The Morgan fingerprint density at radius 1 is 1.22 bits per heavy atom. The summed E-state index contributed by atoms with van der Waals surface area (Å²) in [5, 5.41) is 0.620. The van der Waals surface area contributed by atoms with Crippen molar-refractivity contribution in [3.05, 3.63) is 0 Å². The first kappa shape index (κ1) is 9.64. The molecule has 0 amide bonds. The van der Waals surface area contributed by atoms with E-state index in [1.54, 1.807) is 0 Å². The summed E-state index contributed by atoms with van der Waals surface area (Å²) in [6.45, 7) is 6.65. The summed E-state index contributed by atoms with van der Waals surface area (Å²) in [5.41, 5.74) is 0. The van der Waals surface area contributed by atoms with E-state index in [0.29, 0.717) is 5.25 Å². The van der Waals surface area contributed by atoms with Crippen LogP contribution in [-0.2, 0) is 0 Å². The Labute approximate surface area is 66.9 Å². The Morgan fingerprint density at radius 3 is 2.11 bits per heavy atom. The first-order valence-electron chi connectivity index (χ1n) is 3.44. The second-order valence-electron chi connectivity index (χ2n) is 2.87. The van der Waals surface area contributed by atoms with Crippen LogP contribution in [0.25, 0.3) is 0 Å². The van der Waals surface area contributed by atoms with E-state index in [1.807, 2.05) is 0 Å². The van der Waals surface area contributed by atoms with E-state index < -0.39 is 0 Å². The summed E-state index contributed by atoms with van der Waals surface area (Å²) in [6, 6.07) is 0. The van der Waals surface area contributed by atoms with Gasteiger partial charge in [0.05, 0.1) is 0 Å². The molecule has 0 bridgehead atoms. The SMILES string of the molecule is CC(C)CCC(C)SCl. The molecule has 0 spiro atoms. The van der Waals surface area contributed by atoms with Crippen LogP contribution in [0.4, 0.5) is 0 Å². The van der Waals surface area contributed by atoms with Gasteiger partial charge in [-0.3, -0.25) is 0 Å². The Hall–Kier alpha value is 0.640. The zero-order valence-electron chi connectivity index (χ0n) is 6.36. The molecule has 0 aromatic carbocycles. The van der Waals surface area contributed by atoms with Gasteiger partial charge < -0.3 is 0 Å². The molecule has 9 heavy (non-hydrogen) atoms. The number of hydrogen-bond donors (Lipinski definition) is 0. The topological polar surface area (TPSA) is 0 Å². The van der Waals surface area contributed by atoms with Gasteiger partial charge in [0.25, 0.3) is 0 Å². The van der Waals surface area contributed by atoms with Gasteiger partial charge in [-0.2, -0.15) is 0 Å². The van der Waals surface area contributed by atoms with Crippen molar-refractivity contribution in [2.75, 3.05) is 0 Å². The molecule has 1 unspecified atom stereocenters. The lowest BCUT2D eigenvalue weighted by Gasteiger charge is -2.07. The van der Waals surface area contributed by atoms with E-state index in [-0.39, 0.29) is 0 Å². The molecule has 0 saturated carbocycles. The number of rotatable bonds is 4. The van der Waals surface area contributed by atoms with Crippen LogP contribution in [0.15, 0.2) is 0 Å². The quantitative estimate of drug-likeness (QED) is 0.614. The van der Waals surface area contributed by atoms with Crippen LogP contribution in [0.3, 0.4) is 0 Å². The molecule has 0 saturated heterocycles. The number of halogens is 1. The maximum absolute atomic E-state index is 5.55. The summed E-state index contributed by atoms with van der Waals surface area (Å²) < 4.78 is 0. The summed E-state index contributed by atoms with van der Waals surface area (Å²) in [6.07, 6.45) is 2.53. The first-order valence-corrected chi connectivity index (χ1v) is 5.14. The average molecular weight is 167 g/mol. The van der Waals surface area contributed by atoms with E-state index in [2.05, 4.69) is 20.8 Å². The predicted molar refractivity (Wildman–Crippen MR) is 47.0 cm³/mol. The van der Waals surface area contributed by atoms with Crippen molar-refractivity contribution in [1.82, 2.24) is 0 Å². The van der Waals surface area contributed by atoms with Crippen LogP contribution in [0.2, 0.25) is 0 Å². The fraction of sp³-hybridized carbons (Fsp3) is 1.00. The highest BCUT2D eigenvalue weighted by atomic mass is 35.7. The molecular weight excluding hydrogens is 152 g/mol. The Morgan fingerprint density at radius 2 is 1.78 bits per heavy atom. The summed E-state index contributed by atoms with van der Waals surface area (Å²) in [4.78, 5) is 0. The van der Waals surface area contributed by atoms with Crippen molar-refractivity contribution >= 4 is 21.7 Å². The molecule has 0 N–H and O–H groups in total. The van der Waals surface area contributed by atoms with Gasteiger partial charge in [-0.15, -0.1) is 0 Å². The summed E-state index contributed by atoms with van der Waals surface area (Å²) in [5.74, 6) is 0.816. The van der Waals surface area contributed by atoms with E-state index in [9.17, 15) is 0 Å². The van der Waals surface area contributed by atoms with Gasteiger partial charge in [0, 0.05) is 5.25 Å². The van der Waals surface area contributed by atoms with Crippen LogP contribution in [-0.4, -0.2) is 5.25 Å². The standard InChI is InChI=1S/C7H15ClS/c1-6(2)4-5-7(3)9-8/h6-7H,4-5H2,1-3H3. The van der Waals surface area contributed by atoms with Crippen LogP contribution >= 0.6 is 21.7 Å². The van der Waals surface area contributed by atoms with Crippen molar-refractivity contribution < 1.29 is 0 Å². The molecule has 2 heteroatoms. The highest BCUT2D eigenvalue weighted by molar-refractivity contribution is 8.21. The molecule has 0 aromatic heterocycles. The van der Waals surface area contributed by atoms with E-state index in [0.717, 1.165) is 5.92 Å². The van der Waals surface area contributed by atoms with E-state index >= 15 is 0 Å². The minimum atomic E-state index is 0.620. The molecule has 0 aromatic rings. The van der Waals surface area contributed by atoms with Gasteiger partial charge in [0.15, 0.2) is 0 Å². The van der Waals surface area contributed by atoms with Crippen molar-refractivity contribution in [3.8, 4) is 0 Å². The monoisotopic (exact) mass is 166 g/mol. The molecule has 0 fully saturated rings. The Kier molecular flexibility index (Phi) is 5.81. The Balaban J connectivity index is 3.06. The number of hydrogen-bond acceptors (Lipinski definition) is 1. The van der Waals surface area contributed by atoms with Gasteiger partial charge in [-0.1, -0.05) is 31.7 Å². The molecule has 0 radical (unpaired) electrons. The molecule has 56 valence electrons. The smallest absolute Gasteiger partial charge is 0.0171 e. The molecule has 0 rings (SSSR count). The van der Waals surface area contributed by atoms with E-state index in [4.69, 9.17) is 10.7 Å². The third-order valence-electron chi connectivity index (χ3n) is 1.30. The second kappa shape index (κ2) is 5.43. The van der Waals surface area contributed by atoms with Crippen molar-refractivity contribution in [3.63, 3.8) is 0 Å². The maximum atomic E-state index is 5.55. The molecule has 0 aliphatic carbocycles. The first-order chi connectivity index (χ1) is 4.16. The highest BCUT2D eigenvalue weighted by Crippen LogP contribution is 2.21. The van der Waals surface area contributed by atoms with Gasteiger partial charge in [-0.05, 0) is 29.4 Å². The normalized spacial score (nSPS) is 14.3. The van der Waals surface area contributed by atoms with Gasteiger partial charge in [-0.25, -0.2) is 0 Å². The second-order valence-corrected chi connectivity index (χ2v) is 4.39. The lowest BCUT2D eigenvalue weighted by atomic mass is 10.1. The average Bonchev–Trinajstić information content (AvgIpc) is 1.83. The molecule has 0 nitrogen and oxygen atoms in total. The minimum Gasteiger partial charge on any atom is -0.0628 e. The van der Waals surface area contributed by atoms with Gasteiger partial charge in [0.1, 0.15) is 0 Å². The zero-order chi connectivity index (χ0) is 7.28. The van der Waals surface area contributed by atoms with E-state index in [1.165, 1.54) is 23.8 Å². The largest absolute Gasteiger partial charge is 0.0628 e. The van der Waals surface area contributed by atoms with Crippen molar-refractivity contribution in [1.29, 1.82) is 0 Å². The zero-order valence-corrected chi connectivity index (χ0v) is 7.93. The van der Waals surface area contributed by atoms with Gasteiger partial charge >= 0.3 is 0 Å². The van der Waals surface area contributed by atoms with Crippen LogP contribution in [0.1, 0.15) is 33.6 Å². The van der Waals surface area contributed by atoms with Crippen LogP contribution in [0, 0.1) is 5.92 Å².